The summed E-state index contributed by atoms with van der Waals surface area (Å²) in [6.45, 7) is 10.5. The van der Waals surface area contributed by atoms with Crippen LogP contribution in [0, 0.1) is 0 Å². The van der Waals surface area contributed by atoms with Crippen LogP contribution in [0.4, 0.5) is 5.82 Å². The van der Waals surface area contributed by atoms with Crippen LogP contribution in [-0.2, 0) is 14.8 Å². The van der Waals surface area contributed by atoms with Gasteiger partial charge >= 0.3 is 0 Å². The van der Waals surface area contributed by atoms with Gasteiger partial charge in [-0.25, -0.2) is 27.7 Å². The Hall–Kier alpha value is -3.34. The van der Waals surface area contributed by atoms with Gasteiger partial charge in [-0.15, -0.1) is 0 Å². The summed E-state index contributed by atoms with van der Waals surface area (Å²) in [7, 11) is -2.04. The maximum Gasteiger partial charge on any atom is 0.242 e. The van der Waals surface area contributed by atoms with Crippen molar-refractivity contribution in [2.45, 2.75) is 52.0 Å². The minimum absolute atomic E-state index is 0. The van der Waals surface area contributed by atoms with Gasteiger partial charge in [0.25, 0.3) is 0 Å². The fraction of sp³-hybridized carbons (Fsp3) is 0.414. The van der Waals surface area contributed by atoms with Gasteiger partial charge in [-0.1, -0.05) is 34.3 Å². The molecule has 1 N–H and O–H groups in total. The van der Waals surface area contributed by atoms with Crippen LogP contribution in [0.25, 0.3) is 33.7 Å². The van der Waals surface area contributed by atoms with Crippen molar-refractivity contribution in [1.82, 2.24) is 24.2 Å². The number of hydrogen-bond donors (Lipinski definition) is 1. The first kappa shape index (κ1) is 28.7. The second-order valence-electron chi connectivity index (χ2n) is 9.97. The van der Waals surface area contributed by atoms with E-state index in [-0.39, 0.29) is 24.3 Å². The molecule has 0 unspecified atom stereocenters. The number of aromatic nitrogens is 4. The van der Waals surface area contributed by atoms with E-state index in [0.717, 1.165) is 33.5 Å². The summed E-state index contributed by atoms with van der Waals surface area (Å²) in [5.74, 6) is 1.51. The summed E-state index contributed by atoms with van der Waals surface area (Å²) in [6.07, 6.45) is 3.60. The molecule has 4 aromatic rings. The first-order valence-corrected chi connectivity index (χ1v) is 14.4. The fourth-order valence-electron chi connectivity index (χ4n) is 4.83. The molecule has 3 aromatic heterocycles. The summed E-state index contributed by atoms with van der Waals surface area (Å²) in [4.78, 5) is 20.1. The van der Waals surface area contributed by atoms with Crippen LogP contribution in [0.5, 0.6) is 0 Å². The molecule has 1 atom stereocenters. The van der Waals surface area contributed by atoms with E-state index in [1.54, 1.807) is 25.4 Å². The molecule has 4 heterocycles. The van der Waals surface area contributed by atoms with Gasteiger partial charge < -0.3 is 14.6 Å². The first-order chi connectivity index (χ1) is 18.2. The molecular weight excluding hydrogens is 512 g/mol. The van der Waals surface area contributed by atoms with Crippen molar-refractivity contribution >= 4 is 26.9 Å². The molecule has 0 spiro atoms. The van der Waals surface area contributed by atoms with Gasteiger partial charge in [-0.3, -0.25) is 0 Å². The third-order valence-corrected chi connectivity index (χ3v) is 9.08. The van der Waals surface area contributed by atoms with Gasteiger partial charge in [0.1, 0.15) is 11.5 Å². The highest BCUT2D eigenvalue weighted by Crippen LogP contribution is 2.35. The molecule has 1 fully saturated rings. The standard InChI is InChI=1S/C28H34N6O3S.CH4/c1-6-33(5)38(35,36)20-7-8-21(18(2)3)24(15-20)25-16-26(34-13-14-37-17-19(34)4)32-28(31-25)23-10-12-30-27-22(23)9-11-29-27;/h7-12,15-16,18-19H,6,13-14,17H2,1-5H3,(H,29,30);1H4/t19-;/m1./s1. The first-order valence-electron chi connectivity index (χ1n) is 13.0. The van der Waals surface area contributed by atoms with Crippen LogP contribution in [0.2, 0.25) is 0 Å². The summed E-state index contributed by atoms with van der Waals surface area (Å²) in [5, 5.41) is 0.926. The average molecular weight is 551 g/mol. The molecule has 5 rings (SSSR count). The molecule has 0 saturated carbocycles. The molecule has 39 heavy (non-hydrogen) atoms. The van der Waals surface area contributed by atoms with E-state index in [1.165, 1.54) is 4.31 Å². The lowest BCUT2D eigenvalue weighted by Gasteiger charge is -2.34. The van der Waals surface area contributed by atoms with Gasteiger partial charge in [0.15, 0.2) is 5.82 Å². The fourth-order valence-corrected chi connectivity index (χ4v) is 6.04. The maximum absolute atomic E-state index is 13.3. The molecule has 1 aromatic carbocycles. The molecule has 9 nitrogen and oxygen atoms in total. The molecule has 1 aliphatic rings. The van der Waals surface area contributed by atoms with Crippen molar-refractivity contribution < 1.29 is 13.2 Å². The van der Waals surface area contributed by atoms with Crippen LogP contribution >= 0.6 is 0 Å². The summed E-state index contributed by atoms with van der Waals surface area (Å²) >= 11 is 0. The number of anilines is 1. The molecule has 10 heteroatoms. The number of pyridine rings is 1. The lowest BCUT2D eigenvalue weighted by Crippen LogP contribution is -2.44. The lowest BCUT2D eigenvalue weighted by atomic mass is 9.95. The summed E-state index contributed by atoms with van der Waals surface area (Å²) in [5.41, 5.74) is 4.12. The smallest absolute Gasteiger partial charge is 0.242 e. The molecule has 1 aliphatic heterocycles. The largest absolute Gasteiger partial charge is 0.377 e. The molecule has 1 saturated heterocycles. The van der Waals surface area contributed by atoms with E-state index in [0.29, 0.717) is 37.8 Å². The predicted octanol–water partition coefficient (Wildman–Crippen LogP) is 5.31. The third-order valence-electron chi connectivity index (χ3n) is 7.15. The molecule has 0 radical (unpaired) electrons. The number of nitrogens with one attached hydrogen (secondary N) is 1. The van der Waals surface area contributed by atoms with E-state index in [4.69, 9.17) is 14.7 Å². The van der Waals surface area contributed by atoms with E-state index in [2.05, 4.69) is 35.6 Å². The number of fused-ring (bicyclic) bond motifs is 1. The summed E-state index contributed by atoms with van der Waals surface area (Å²) < 4.78 is 33.5. The Kier molecular flexibility index (Phi) is 8.39. The van der Waals surface area contributed by atoms with Crippen LogP contribution < -0.4 is 4.90 Å². The van der Waals surface area contributed by atoms with Gasteiger partial charge in [0, 0.05) is 55.1 Å². The second-order valence-corrected chi connectivity index (χ2v) is 12.0. The number of sulfonamides is 1. The predicted molar refractivity (Wildman–Crippen MR) is 156 cm³/mol. The van der Waals surface area contributed by atoms with Crippen LogP contribution in [0.15, 0.2) is 53.7 Å². The number of hydrogen-bond acceptors (Lipinski definition) is 7. The molecule has 0 aliphatic carbocycles. The monoisotopic (exact) mass is 550 g/mol. The quantitative estimate of drug-likeness (QED) is 0.332. The Bertz CT molecular complexity index is 1570. The number of aromatic amines is 1. The normalized spacial score (nSPS) is 16.2. The second kappa shape index (κ2) is 11.4. The van der Waals surface area contributed by atoms with E-state index in [9.17, 15) is 8.42 Å². The zero-order valence-corrected chi connectivity index (χ0v) is 23.3. The Labute approximate surface area is 231 Å². The van der Waals surface area contributed by atoms with Gasteiger partial charge in [0.05, 0.1) is 29.8 Å². The molecule has 0 amide bonds. The van der Waals surface area contributed by atoms with Crippen LogP contribution in [0.1, 0.15) is 46.6 Å². The van der Waals surface area contributed by atoms with Crippen LogP contribution in [0.3, 0.4) is 0 Å². The number of benzene rings is 1. The van der Waals surface area contributed by atoms with Crippen molar-refractivity contribution in [2.24, 2.45) is 0 Å². The number of rotatable bonds is 7. The minimum Gasteiger partial charge on any atom is -0.377 e. The van der Waals surface area contributed by atoms with Gasteiger partial charge in [-0.05, 0) is 42.7 Å². The molecular formula is C29H38N6O3S. The number of nitrogens with zero attached hydrogens (tertiary/aromatic N) is 5. The third kappa shape index (κ3) is 5.41. The van der Waals surface area contributed by atoms with Crippen molar-refractivity contribution in [2.75, 3.05) is 38.3 Å². The molecule has 0 bridgehead atoms. The highest BCUT2D eigenvalue weighted by Gasteiger charge is 2.25. The Morgan fingerprint density at radius 3 is 2.67 bits per heavy atom. The van der Waals surface area contributed by atoms with E-state index >= 15 is 0 Å². The number of H-pyrrole nitrogens is 1. The average Bonchev–Trinajstić information content (AvgIpc) is 3.41. The van der Waals surface area contributed by atoms with E-state index in [1.807, 2.05) is 37.4 Å². The van der Waals surface area contributed by atoms with Crippen molar-refractivity contribution in [3.8, 4) is 22.6 Å². The van der Waals surface area contributed by atoms with E-state index < -0.39 is 10.0 Å². The zero-order chi connectivity index (χ0) is 27.0. The Morgan fingerprint density at radius 1 is 1.15 bits per heavy atom. The highest BCUT2D eigenvalue weighted by atomic mass is 32.2. The van der Waals surface area contributed by atoms with Gasteiger partial charge in [-0.2, -0.15) is 0 Å². The Morgan fingerprint density at radius 2 is 1.95 bits per heavy atom. The van der Waals surface area contributed by atoms with Gasteiger partial charge in [0.2, 0.25) is 10.0 Å². The van der Waals surface area contributed by atoms with Crippen molar-refractivity contribution in [3.63, 3.8) is 0 Å². The number of ether oxygens (including phenoxy) is 1. The van der Waals surface area contributed by atoms with Crippen LogP contribution in [-0.4, -0.2) is 72.1 Å². The highest BCUT2D eigenvalue weighted by molar-refractivity contribution is 7.89. The summed E-state index contributed by atoms with van der Waals surface area (Å²) in [6, 6.07) is 11.4. The topological polar surface area (TPSA) is 104 Å². The van der Waals surface area contributed by atoms with Crippen molar-refractivity contribution in [1.29, 1.82) is 0 Å². The minimum atomic E-state index is -3.63. The zero-order valence-electron chi connectivity index (χ0n) is 22.5. The molecule has 208 valence electrons. The Balaban J connectivity index is 0.00000353. The SMILES string of the molecule is C.CCN(C)S(=O)(=O)c1ccc(C(C)C)c(-c2cc(N3CCOC[C@H]3C)nc(-c3ccnc4[nH]ccc34)n2)c1. The maximum atomic E-state index is 13.3. The van der Waals surface area contributed by atoms with Crippen molar-refractivity contribution in [3.05, 3.63) is 54.4 Å². The lowest BCUT2D eigenvalue weighted by molar-refractivity contribution is 0.0985. The number of morpholine rings is 1.